The average Bonchev–Trinajstić information content (AvgIpc) is 2.14. The Hall–Kier alpha value is -1.09. The molecule has 0 bridgehead atoms. The Kier molecular flexibility index (Phi) is 2.67. The van der Waals surface area contributed by atoms with Crippen LogP contribution < -0.4 is 4.57 Å². The highest BCUT2D eigenvalue weighted by Gasteiger charge is 1.90. The lowest BCUT2D eigenvalue weighted by molar-refractivity contribution is -0.670. The quantitative estimate of drug-likeness (QED) is 0.496. The predicted molar refractivity (Wildman–Crippen MR) is 33.9 cm³/mol. The molecule has 0 fully saturated rings. The van der Waals surface area contributed by atoms with Crippen LogP contribution in [0.25, 0.3) is 6.20 Å². The van der Waals surface area contributed by atoms with E-state index in [4.69, 9.17) is 0 Å². The minimum atomic E-state index is 0. The summed E-state index contributed by atoms with van der Waals surface area (Å²) in [5.74, 6) is 0. The predicted octanol–water partition coefficient (Wildman–Crippen LogP) is 0.236. The Labute approximate surface area is 54.2 Å². The molecule has 1 aromatic heterocycles. The van der Waals surface area contributed by atoms with E-state index >= 15 is 0 Å². The monoisotopic (exact) mass is 126 g/mol. The molecule has 3 heteroatoms. The van der Waals surface area contributed by atoms with Gasteiger partial charge in [0.05, 0.1) is 13.2 Å². The van der Waals surface area contributed by atoms with Gasteiger partial charge in [-0.25, -0.2) is 9.13 Å². The van der Waals surface area contributed by atoms with Gasteiger partial charge in [-0.05, 0) is 0 Å². The lowest BCUT2D eigenvalue weighted by atomic mass is 10.8. The zero-order chi connectivity index (χ0) is 5.98. The number of imidazole rings is 1. The van der Waals surface area contributed by atoms with Crippen molar-refractivity contribution in [1.29, 1.82) is 0 Å². The van der Waals surface area contributed by atoms with E-state index in [1.807, 2.05) is 34.9 Å². The molecule has 0 aromatic carbocycles. The number of rotatable bonds is 1. The molecule has 0 saturated carbocycles. The lowest BCUT2D eigenvalue weighted by Crippen LogP contribution is -2.23. The van der Waals surface area contributed by atoms with Crippen molar-refractivity contribution in [3.05, 3.63) is 25.3 Å². The molecule has 0 atom stereocenters. The molecule has 50 valence electrons. The molecule has 1 N–H and O–H groups in total. The van der Waals surface area contributed by atoms with Crippen LogP contribution in [-0.4, -0.2) is 10.0 Å². The van der Waals surface area contributed by atoms with Gasteiger partial charge < -0.3 is 5.48 Å². The fraction of sp³-hybridized carbons (Fsp3) is 0.167. The number of aryl methyl sites for hydroxylation is 1. The van der Waals surface area contributed by atoms with Crippen molar-refractivity contribution in [1.82, 2.24) is 4.57 Å². The van der Waals surface area contributed by atoms with Crippen LogP contribution >= 0.6 is 0 Å². The molecule has 0 aliphatic rings. The summed E-state index contributed by atoms with van der Waals surface area (Å²) in [6.07, 6.45) is 7.58. The highest BCUT2D eigenvalue weighted by Crippen LogP contribution is 1.79. The Bertz CT molecular complexity index is 193. The maximum Gasteiger partial charge on any atom is 0.248 e. The summed E-state index contributed by atoms with van der Waals surface area (Å²) in [7, 11) is 1.97. The third kappa shape index (κ3) is 1.70. The van der Waals surface area contributed by atoms with Crippen molar-refractivity contribution >= 4 is 6.20 Å². The molecule has 0 radical (unpaired) electrons. The maximum absolute atomic E-state index is 3.59. The average molecular weight is 126 g/mol. The van der Waals surface area contributed by atoms with E-state index < -0.39 is 0 Å². The molecule has 3 nitrogen and oxygen atoms in total. The van der Waals surface area contributed by atoms with Crippen molar-refractivity contribution in [2.75, 3.05) is 0 Å². The summed E-state index contributed by atoms with van der Waals surface area (Å²) in [6.45, 7) is 3.59. The van der Waals surface area contributed by atoms with E-state index in [1.165, 1.54) is 0 Å². The molecule has 0 aliphatic carbocycles. The summed E-state index contributed by atoms with van der Waals surface area (Å²) in [5, 5.41) is 0. The molecule has 0 amide bonds. The Morgan fingerprint density at radius 1 is 1.67 bits per heavy atom. The molecule has 1 rings (SSSR count). The van der Waals surface area contributed by atoms with E-state index in [9.17, 15) is 0 Å². The van der Waals surface area contributed by atoms with E-state index in [-0.39, 0.29) is 5.48 Å². The Morgan fingerprint density at radius 3 is 2.56 bits per heavy atom. The number of nitrogens with zero attached hydrogens (tertiary/aromatic N) is 2. The van der Waals surface area contributed by atoms with Gasteiger partial charge >= 0.3 is 0 Å². The second-order valence-electron chi connectivity index (χ2n) is 1.71. The van der Waals surface area contributed by atoms with Gasteiger partial charge in [0.15, 0.2) is 0 Å². The fourth-order valence-corrected chi connectivity index (χ4v) is 0.577. The summed E-state index contributed by atoms with van der Waals surface area (Å²) < 4.78 is 3.85. The number of hydrogen-bond donors (Lipinski definition) is 0. The maximum atomic E-state index is 3.59. The van der Waals surface area contributed by atoms with Crippen molar-refractivity contribution < 1.29 is 10.0 Å². The van der Waals surface area contributed by atoms with E-state index in [0.29, 0.717) is 0 Å². The second-order valence-corrected chi connectivity index (χ2v) is 1.71. The van der Waals surface area contributed by atoms with Gasteiger partial charge in [-0.15, -0.1) is 0 Å². The third-order valence-corrected chi connectivity index (χ3v) is 1.00. The number of hydrogen-bond acceptors (Lipinski definition) is 1. The molecule has 1 heterocycles. The van der Waals surface area contributed by atoms with Crippen LogP contribution in [0, 0.1) is 0 Å². The molecule has 1 aromatic rings. The first-order chi connectivity index (χ1) is 3.83. The summed E-state index contributed by atoms with van der Waals surface area (Å²) >= 11 is 0. The zero-order valence-electron chi connectivity index (χ0n) is 5.36. The molecule has 0 unspecified atom stereocenters. The van der Waals surface area contributed by atoms with Crippen LogP contribution in [0.3, 0.4) is 0 Å². The van der Waals surface area contributed by atoms with Crippen LogP contribution in [0.1, 0.15) is 0 Å². The number of aromatic nitrogens is 2. The molecular weight excluding hydrogens is 116 g/mol. The highest BCUT2D eigenvalue weighted by atomic mass is 16.0. The first-order valence-corrected chi connectivity index (χ1v) is 2.48. The third-order valence-electron chi connectivity index (χ3n) is 1.00. The van der Waals surface area contributed by atoms with Crippen molar-refractivity contribution in [3.63, 3.8) is 0 Å². The van der Waals surface area contributed by atoms with Gasteiger partial charge in [-0.2, -0.15) is 0 Å². The van der Waals surface area contributed by atoms with Crippen LogP contribution in [0.4, 0.5) is 0 Å². The van der Waals surface area contributed by atoms with E-state index in [1.54, 1.807) is 6.20 Å². The van der Waals surface area contributed by atoms with Crippen molar-refractivity contribution in [2.24, 2.45) is 7.05 Å². The minimum Gasteiger partial charge on any atom is -0.870 e. The largest absolute Gasteiger partial charge is 0.870 e. The SMILES string of the molecule is C=Cn1cc[n+](C)c1.[OH-]. The standard InChI is InChI=1S/C6H9N2.H2O/c1-3-8-5-4-7(2)6-8;/h3-6H,1H2,2H3;1H2/q+1;/p-1. The lowest BCUT2D eigenvalue weighted by Gasteiger charge is -1.74. The van der Waals surface area contributed by atoms with Crippen LogP contribution in [0.2, 0.25) is 0 Å². The highest BCUT2D eigenvalue weighted by molar-refractivity contribution is 5.12. The van der Waals surface area contributed by atoms with Crippen LogP contribution in [0.15, 0.2) is 25.3 Å². The zero-order valence-corrected chi connectivity index (χ0v) is 5.36. The Balaban J connectivity index is 0.000000640. The van der Waals surface area contributed by atoms with Gasteiger partial charge in [-0.3, -0.25) is 0 Å². The van der Waals surface area contributed by atoms with Crippen LogP contribution in [-0.2, 0) is 7.05 Å². The summed E-state index contributed by atoms with van der Waals surface area (Å²) in [4.78, 5) is 0. The fourth-order valence-electron chi connectivity index (χ4n) is 0.577. The van der Waals surface area contributed by atoms with Crippen LogP contribution in [0.5, 0.6) is 0 Å². The van der Waals surface area contributed by atoms with Crippen molar-refractivity contribution in [3.8, 4) is 0 Å². The smallest absolute Gasteiger partial charge is 0.248 e. The molecule has 0 saturated heterocycles. The van der Waals surface area contributed by atoms with Gasteiger partial charge in [0.2, 0.25) is 6.33 Å². The molecule has 0 aliphatic heterocycles. The normalized spacial score (nSPS) is 8.11. The minimum absolute atomic E-state index is 0. The van der Waals surface area contributed by atoms with E-state index in [0.717, 1.165) is 0 Å². The van der Waals surface area contributed by atoms with Gasteiger partial charge in [-0.1, -0.05) is 6.58 Å². The van der Waals surface area contributed by atoms with Gasteiger partial charge in [0.1, 0.15) is 12.4 Å². The van der Waals surface area contributed by atoms with Crippen molar-refractivity contribution in [2.45, 2.75) is 0 Å². The second kappa shape index (κ2) is 3.04. The molecule has 9 heavy (non-hydrogen) atoms. The summed E-state index contributed by atoms with van der Waals surface area (Å²) in [5.41, 5.74) is 0. The van der Waals surface area contributed by atoms with Gasteiger partial charge in [0, 0.05) is 0 Å². The summed E-state index contributed by atoms with van der Waals surface area (Å²) in [6, 6.07) is 0. The first-order valence-electron chi connectivity index (χ1n) is 2.48. The topological polar surface area (TPSA) is 38.8 Å². The molecule has 0 spiro atoms. The first kappa shape index (κ1) is 7.91. The van der Waals surface area contributed by atoms with E-state index in [2.05, 4.69) is 6.58 Å². The Morgan fingerprint density at radius 2 is 2.33 bits per heavy atom. The van der Waals surface area contributed by atoms with Gasteiger partial charge in [0.25, 0.3) is 0 Å². The molecular formula is C6H10N2O.